The number of urea groups is 1. The molecule has 0 radical (unpaired) electrons. The smallest absolute Gasteiger partial charge is 0.334 e. The van der Waals surface area contributed by atoms with Crippen LogP contribution in [-0.4, -0.2) is 88.1 Å². The molecule has 0 bridgehead atoms. The lowest BCUT2D eigenvalue weighted by molar-refractivity contribution is -0.188. The monoisotopic (exact) mass is 499 g/mol. The van der Waals surface area contributed by atoms with Crippen molar-refractivity contribution in [1.29, 1.82) is 0 Å². The molecule has 1 aromatic rings. The number of fused-ring (bicyclic) bond motifs is 1. The Morgan fingerprint density at radius 2 is 1.97 bits per heavy atom. The highest BCUT2D eigenvalue weighted by Gasteiger charge is 2.50. The number of hydrogen-bond acceptors (Lipinski definition) is 5. The fraction of sp³-hybridized carbons (Fsp3) is 0.577. The van der Waals surface area contributed by atoms with E-state index in [1.54, 1.807) is 26.7 Å². The highest BCUT2D eigenvalue weighted by Crippen LogP contribution is 2.28. The Bertz CT molecular complexity index is 906. The van der Waals surface area contributed by atoms with E-state index in [0.717, 1.165) is 37.0 Å². The maximum absolute atomic E-state index is 13.5. The second-order valence-electron chi connectivity index (χ2n) is 8.94. The number of hydrazine groups is 1. The van der Waals surface area contributed by atoms with Gasteiger partial charge in [0.2, 0.25) is 11.8 Å². The minimum atomic E-state index is -0.587. The summed E-state index contributed by atoms with van der Waals surface area (Å²) in [5.41, 5.74) is 0.975. The second kappa shape index (κ2) is 13.4. The van der Waals surface area contributed by atoms with Crippen molar-refractivity contribution >= 4 is 29.6 Å². The maximum Gasteiger partial charge on any atom is 0.334 e. The standard InChI is InChI=1S/C26H37N5O3S/c1-4-6-7-11-16-28-19-23-30(22(25(28)33)14-17-35-3)24(32)20-29(15-5-2)31(23)26(34)27-18-21-12-9-8-10-13-21/h2,8-10,12-13,22-23H,4,6-7,11,14-20H2,1,3H3,(H,27,34)/t22-,23-/m0/s1. The van der Waals surface area contributed by atoms with E-state index >= 15 is 0 Å². The van der Waals surface area contributed by atoms with Gasteiger partial charge in [0.15, 0.2) is 0 Å². The highest BCUT2D eigenvalue weighted by molar-refractivity contribution is 7.98. The number of hydrogen-bond donors (Lipinski definition) is 1. The van der Waals surface area contributed by atoms with Crippen LogP contribution in [0, 0.1) is 12.3 Å². The Morgan fingerprint density at radius 1 is 1.20 bits per heavy atom. The van der Waals surface area contributed by atoms with E-state index < -0.39 is 12.2 Å². The molecule has 2 fully saturated rings. The molecule has 0 spiro atoms. The van der Waals surface area contributed by atoms with Crippen LogP contribution in [-0.2, 0) is 16.1 Å². The van der Waals surface area contributed by atoms with Gasteiger partial charge in [0.05, 0.1) is 19.6 Å². The SMILES string of the molecule is C#CCN1CC(=O)N2[C@@H](CCSC)C(=O)N(CCCCCC)C[C@@H]2N1C(=O)NCc1ccccc1. The average Bonchev–Trinajstić information content (AvgIpc) is 2.86. The molecule has 0 aliphatic carbocycles. The molecule has 2 heterocycles. The number of carbonyl (C=O) groups is 3. The van der Waals surface area contributed by atoms with Gasteiger partial charge >= 0.3 is 6.03 Å². The predicted molar refractivity (Wildman–Crippen MR) is 139 cm³/mol. The number of terminal acetylenes is 1. The second-order valence-corrected chi connectivity index (χ2v) is 9.93. The zero-order valence-electron chi connectivity index (χ0n) is 20.8. The first-order valence-corrected chi connectivity index (χ1v) is 13.8. The fourth-order valence-corrected chi connectivity index (χ4v) is 5.19. The molecular weight excluding hydrogens is 462 g/mol. The summed E-state index contributed by atoms with van der Waals surface area (Å²) in [7, 11) is 0. The third-order valence-electron chi connectivity index (χ3n) is 6.48. The van der Waals surface area contributed by atoms with Crippen LogP contribution in [0.5, 0.6) is 0 Å². The summed E-state index contributed by atoms with van der Waals surface area (Å²) in [6.45, 7) is 3.53. The summed E-state index contributed by atoms with van der Waals surface area (Å²) in [5.74, 6) is 3.15. The summed E-state index contributed by atoms with van der Waals surface area (Å²) >= 11 is 1.65. The maximum atomic E-state index is 13.5. The Hall–Kier alpha value is -2.70. The summed E-state index contributed by atoms with van der Waals surface area (Å²) in [6.07, 6.45) is 11.7. The van der Waals surface area contributed by atoms with Crippen molar-refractivity contribution in [3.05, 3.63) is 35.9 Å². The largest absolute Gasteiger partial charge is 0.337 e. The number of amides is 4. The van der Waals surface area contributed by atoms with E-state index in [-0.39, 0.29) is 37.5 Å². The van der Waals surface area contributed by atoms with Gasteiger partial charge in [-0.05, 0) is 30.4 Å². The zero-order valence-corrected chi connectivity index (χ0v) is 21.6. The molecular formula is C26H37N5O3S. The molecule has 1 aromatic carbocycles. The number of thioether (sulfide) groups is 1. The van der Waals surface area contributed by atoms with E-state index in [4.69, 9.17) is 6.42 Å². The van der Waals surface area contributed by atoms with Gasteiger partial charge in [0.25, 0.3) is 0 Å². The Kier molecular flexibility index (Phi) is 10.3. The van der Waals surface area contributed by atoms with Gasteiger partial charge in [0, 0.05) is 13.1 Å². The quantitative estimate of drug-likeness (QED) is 0.374. The molecule has 0 saturated carbocycles. The first kappa shape index (κ1) is 26.9. The summed E-state index contributed by atoms with van der Waals surface area (Å²) in [5, 5.41) is 6.18. The molecule has 190 valence electrons. The number of benzene rings is 1. The zero-order chi connectivity index (χ0) is 25.2. The number of unbranched alkanes of at least 4 members (excludes halogenated alkanes) is 3. The van der Waals surface area contributed by atoms with Crippen molar-refractivity contribution in [2.24, 2.45) is 0 Å². The predicted octanol–water partition coefficient (Wildman–Crippen LogP) is 2.76. The minimum absolute atomic E-state index is 0.0183. The Morgan fingerprint density at radius 3 is 2.66 bits per heavy atom. The van der Waals surface area contributed by atoms with Crippen molar-refractivity contribution in [3.8, 4) is 12.3 Å². The van der Waals surface area contributed by atoms with Crippen LogP contribution in [0.3, 0.4) is 0 Å². The first-order chi connectivity index (χ1) is 17.0. The van der Waals surface area contributed by atoms with E-state index in [1.165, 1.54) is 0 Å². The van der Waals surface area contributed by atoms with Gasteiger partial charge in [-0.1, -0.05) is 62.4 Å². The number of nitrogens with one attached hydrogen (secondary N) is 1. The van der Waals surface area contributed by atoms with Crippen LogP contribution in [0.1, 0.15) is 44.6 Å². The Labute approximate surface area is 213 Å². The topological polar surface area (TPSA) is 76.2 Å². The molecule has 2 aliphatic rings. The average molecular weight is 500 g/mol. The number of nitrogens with zero attached hydrogens (tertiary/aromatic N) is 4. The van der Waals surface area contributed by atoms with Crippen LogP contribution >= 0.6 is 11.8 Å². The molecule has 0 unspecified atom stereocenters. The minimum Gasteiger partial charge on any atom is -0.337 e. The Balaban J connectivity index is 1.86. The van der Waals surface area contributed by atoms with E-state index in [0.29, 0.717) is 19.5 Å². The number of rotatable bonds is 11. The summed E-state index contributed by atoms with van der Waals surface area (Å²) < 4.78 is 0. The third kappa shape index (κ3) is 6.71. The van der Waals surface area contributed by atoms with Crippen molar-refractivity contribution in [2.45, 2.75) is 57.8 Å². The van der Waals surface area contributed by atoms with Crippen LogP contribution in [0.2, 0.25) is 0 Å². The van der Waals surface area contributed by atoms with Crippen molar-refractivity contribution in [3.63, 3.8) is 0 Å². The van der Waals surface area contributed by atoms with E-state index in [1.807, 2.05) is 41.5 Å². The van der Waals surface area contributed by atoms with Gasteiger partial charge in [0.1, 0.15) is 12.2 Å². The lowest BCUT2D eigenvalue weighted by atomic mass is 10.0. The van der Waals surface area contributed by atoms with Gasteiger partial charge in [-0.3, -0.25) is 9.59 Å². The van der Waals surface area contributed by atoms with Gasteiger partial charge in [-0.2, -0.15) is 16.8 Å². The van der Waals surface area contributed by atoms with Crippen molar-refractivity contribution < 1.29 is 14.4 Å². The number of carbonyl (C=O) groups excluding carboxylic acids is 3. The molecule has 35 heavy (non-hydrogen) atoms. The molecule has 0 aromatic heterocycles. The normalized spacial score (nSPS) is 20.5. The van der Waals surface area contributed by atoms with Crippen LogP contribution in [0.4, 0.5) is 4.79 Å². The van der Waals surface area contributed by atoms with E-state index in [9.17, 15) is 14.4 Å². The van der Waals surface area contributed by atoms with Crippen LogP contribution < -0.4 is 5.32 Å². The van der Waals surface area contributed by atoms with Crippen molar-refractivity contribution in [1.82, 2.24) is 25.1 Å². The first-order valence-electron chi connectivity index (χ1n) is 12.4. The van der Waals surface area contributed by atoms with Gasteiger partial charge in [-0.15, -0.1) is 6.42 Å². The summed E-state index contributed by atoms with van der Waals surface area (Å²) in [4.78, 5) is 43.7. The fourth-order valence-electron chi connectivity index (χ4n) is 4.73. The lowest BCUT2D eigenvalue weighted by Crippen LogP contribution is -2.76. The van der Waals surface area contributed by atoms with Crippen LogP contribution in [0.15, 0.2) is 30.3 Å². The molecule has 2 atom stereocenters. The summed E-state index contributed by atoms with van der Waals surface area (Å²) in [6, 6.07) is 8.77. The lowest BCUT2D eigenvalue weighted by Gasteiger charge is -2.55. The molecule has 8 nitrogen and oxygen atoms in total. The highest BCUT2D eigenvalue weighted by atomic mass is 32.2. The molecule has 9 heteroatoms. The molecule has 4 amide bonds. The molecule has 3 rings (SSSR count). The molecule has 2 saturated heterocycles. The van der Waals surface area contributed by atoms with Gasteiger partial charge in [-0.25, -0.2) is 9.80 Å². The van der Waals surface area contributed by atoms with E-state index in [2.05, 4.69) is 18.2 Å². The molecule has 2 aliphatic heterocycles. The number of piperazine rings is 1. The van der Waals surface area contributed by atoms with Crippen LogP contribution in [0.25, 0.3) is 0 Å². The molecule has 1 N–H and O–H groups in total. The van der Waals surface area contributed by atoms with Gasteiger partial charge < -0.3 is 15.1 Å². The third-order valence-corrected chi connectivity index (χ3v) is 7.12. The van der Waals surface area contributed by atoms with Crippen molar-refractivity contribution in [2.75, 3.05) is 38.2 Å².